The van der Waals surface area contributed by atoms with E-state index in [1.807, 2.05) is 37.3 Å². The number of carbonyl (C=O) groups is 2. The fourth-order valence-corrected chi connectivity index (χ4v) is 2.82. The van der Waals surface area contributed by atoms with Crippen LogP contribution in [0.15, 0.2) is 46.9 Å². The standard InChI is InChI=1S/C17H15BrN4O2/c1-10-8-11(18)6-7-13(10)20-15(23)9-19-17(24)16-12-4-2-3-5-14(12)21-22-16/h2-8H,9H2,1H3,(H,19,24)(H,20,23)(H,21,22). The summed E-state index contributed by atoms with van der Waals surface area (Å²) in [6.45, 7) is 1.77. The lowest BCUT2D eigenvalue weighted by Crippen LogP contribution is -2.33. The third kappa shape index (κ3) is 3.46. The Morgan fingerprint density at radius 3 is 2.79 bits per heavy atom. The van der Waals surface area contributed by atoms with Gasteiger partial charge in [-0.15, -0.1) is 0 Å². The Morgan fingerprint density at radius 2 is 2.00 bits per heavy atom. The molecule has 0 aliphatic heterocycles. The summed E-state index contributed by atoms with van der Waals surface area (Å²) in [6.07, 6.45) is 0. The van der Waals surface area contributed by atoms with Crippen molar-refractivity contribution in [2.45, 2.75) is 6.92 Å². The second kappa shape index (κ2) is 6.84. The predicted octanol–water partition coefficient (Wildman–Crippen LogP) is 3.00. The summed E-state index contributed by atoms with van der Waals surface area (Å²) in [5.41, 5.74) is 2.70. The van der Waals surface area contributed by atoms with Crippen molar-refractivity contribution in [2.24, 2.45) is 0 Å². The molecule has 0 saturated carbocycles. The lowest BCUT2D eigenvalue weighted by molar-refractivity contribution is -0.115. The van der Waals surface area contributed by atoms with Crippen molar-refractivity contribution in [1.29, 1.82) is 0 Å². The molecule has 0 atom stereocenters. The van der Waals surface area contributed by atoms with Crippen LogP contribution in [0.25, 0.3) is 10.9 Å². The number of fused-ring (bicyclic) bond motifs is 1. The van der Waals surface area contributed by atoms with E-state index in [4.69, 9.17) is 0 Å². The van der Waals surface area contributed by atoms with Gasteiger partial charge in [0.2, 0.25) is 5.91 Å². The van der Waals surface area contributed by atoms with Gasteiger partial charge >= 0.3 is 0 Å². The molecule has 0 bridgehead atoms. The lowest BCUT2D eigenvalue weighted by Gasteiger charge is -2.09. The normalized spacial score (nSPS) is 10.6. The first-order valence-corrected chi connectivity index (χ1v) is 8.11. The molecule has 3 rings (SSSR count). The highest BCUT2D eigenvalue weighted by Crippen LogP contribution is 2.20. The van der Waals surface area contributed by atoms with Gasteiger partial charge in [-0.25, -0.2) is 0 Å². The Hall–Kier alpha value is -2.67. The molecule has 0 saturated heterocycles. The first-order valence-electron chi connectivity index (χ1n) is 7.32. The molecule has 1 aromatic heterocycles. The number of aryl methyl sites for hydroxylation is 1. The molecule has 122 valence electrons. The minimum atomic E-state index is -0.393. The number of hydrogen-bond acceptors (Lipinski definition) is 3. The second-order valence-corrected chi connectivity index (χ2v) is 6.22. The summed E-state index contributed by atoms with van der Waals surface area (Å²) < 4.78 is 0.941. The zero-order chi connectivity index (χ0) is 17.1. The third-order valence-corrected chi connectivity index (χ3v) is 4.05. The van der Waals surface area contributed by atoms with Crippen LogP contribution in [0.2, 0.25) is 0 Å². The van der Waals surface area contributed by atoms with Gasteiger partial charge < -0.3 is 10.6 Å². The van der Waals surface area contributed by atoms with E-state index in [1.54, 1.807) is 12.1 Å². The summed E-state index contributed by atoms with van der Waals surface area (Å²) in [5.74, 6) is -0.691. The SMILES string of the molecule is Cc1cc(Br)ccc1NC(=O)CNC(=O)c1n[nH]c2ccccc12. The highest BCUT2D eigenvalue weighted by molar-refractivity contribution is 9.10. The molecule has 3 N–H and O–H groups in total. The molecular weight excluding hydrogens is 372 g/mol. The van der Waals surface area contributed by atoms with E-state index in [-0.39, 0.29) is 18.1 Å². The predicted molar refractivity (Wildman–Crippen MR) is 95.9 cm³/mol. The molecule has 0 spiro atoms. The molecule has 0 aliphatic rings. The minimum absolute atomic E-state index is 0.129. The summed E-state index contributed by atoms with van der Waals surface area (Å²) in [6, 6.07) is 12.9. The number of nitrogens with one attached hydrogen (secondary N) is 3. The molecule has 7 heteroatoms. The van der Waals surface area contributed by atoms with Crippen LogP contribution >= 0.6 is 15.9 Å². The monoisotopic (exact) mass is 386 g/mol. The number of benzene rings is 2. The molecule has 3 aromatic rings. The molecule has 1 heterocycles. The number of aromatic nitrogens is 2. The molecule has 2 aromatic carbocycles. The highest BCUT2D eigenvalue weighted by atomic mass is 79.9. The Bertz CT molecular complexity index is 920. The number of aromatic amines is 1. The summed E-state index contributed by atoms with van der Waals surface area (Å²) in [4.78, 5) is 24.2. The average molecular weight is 387 g/mol. The van der Waals surface area contributed by atoms with Crippen molar-refractivity contribution in [1.82, 2.24) is 15.5 Å². The van der Waals surface area contributed by atoms with Crippen LogP contribution in [0.4, 0.5) is 5.69 Å². The summed E-state index contributed by atoms with van der Waals surface area (Å²) in [5, 5.41) is 12.9. The van der Waals surface area contributed by atoms with E-state index in [9.17, 15) is 9.59 Å². The molecule has 2 amide bonds. The smallest absolute Gasteiger partial charge is 0.272 e. The van der Waals surface area contributed by atoms with Crippen LogP contribution in [0, 0.1) is 6.92 Å². The topological polar surface area (TPSA) is 86.9 Å². The fraction of sp³-hybridized carbons (Fsp3) is 0.118. The van der Waals surface area contributed by atoms with E-state index in [0.717, 1.165) is 20.9 Å². The van der Waals surface area contributed by atoms with Gasteiger partial charge in [0, 0.05) is 15.5 Å². The zero-order valence-electron chi connectivity index (χ0n) is 12.9. The van der Waals surface area contributed by atoms with Gasteiger partial charge in [0.25, 0.3) is 5.91 Å². The van der Waals surface area contributed by atoms with Crippen molar-refractivity contribution in [3.8, 4) is 0 Å². The van der Waals surface area contributed by atoms with Crippen molar-refractivity contribution in [2.75, 3.05) is 11.9 Å². The van der Waals surface area contributed by atoms with Crippen LogP contribution < -0.4 is 10.6 Å². The number of amides is 2. The number of anilines is 1. The van der Waals surface area contributed by atoms with E-state index >= 15 is 0 Å². The Morgan fingerprint density at radius 1 is 1.21 bits per heavy atom. The average Bonchev–Trinajstić information content (AvgIpc) is 2.99. The second-order valence-electron chi connectivity index (χ2n) is 5.31. The molecule has 0 unspecified atom stereocenters. The van der Waals surface area contributed by atoms with Crippen LogP contribution in [0.5, 0.6) is 0 Å². The van der Waals surface area contributed by atoms with E-state index < -0.39 is 5.91 Å². The number of hydrogen-bond donors (Lipinski definition) is 3. The van der Waals surface area contributed by atoms with E-state index in [0.29, 0.717) is 5.69 Å². The maximum atomic E-state index is 12.2. The first-order chi connectivity index (χ1) is 11.5. The van der Waals surface area contributed by atoms with Crippen LogP contribution in [0.1, 0.15) is 16.1 Å². The Labute approximate surface area is 146 Å². The summed E-state index contributed by atoms with van der Waals surface area (Å²) in [7, 11) is 0. The minimum Gasteiger partial charge on any atom is -0.342 e. The quantitative estimate of drug-likeness (QED) is 0.643. The molecular formula is C17H15BrN4O2. The summed E-state index contributed by atoms with van der Waals surface area (Å²) >= 11 is 3.37. The van der Waals surface area contributed by atoms with Crippen LogP contribution in [0.3, 0.4) is 0 Å². The number of nitrogens with zero attached hydrogens (tertiary/aromatic N) is 1. The molecule has 0 radical (unpaired) electrons. The van der Waals surface area contributed by atoms with Gasteiger partial charge in [-0.1, -0.05) is 34.1 Å². The number of rotatable bonds is 4. The number of halogens is 1. The Balaban J connectivity index is 1.62. The van der Waals surface area contributed by atoms with E-state index in [2.05, 4.69) is 36.8 Å². The number of para-hydroxylation sites is 1. The van der Waals surface area contributed by atoms with Gasteiger partial charge in [-0.05, 0) is 36.8 Å². The van der Waals surface area contributed by atoms with Crippen molar-refractivity contribution in [3.05, 3.63) is 58.2 Å². The molecule has 6 nitrogen and oxygen atoms in total. The largest absolute Gasteiger partial charge is 0.342 e. The van der Waals surface area contributed by atoms with Crippen molar-refractivity contribution < 1.29 is 9.59 Å². The third-order valence-electron chi connectivity index (χ3n) is 3.56. The lowest BCUT2D eigenvalue weighted by atomic mass is 10.2. The Kier molecular flexibility index (Phi) is 4.61. The van der Waals surface area contributed by atoms with Gasteiger partial charge in [-0.3, -0.25) is 14.7 Å². The van der Waals surface area contributed by atoms with Gasteiger partial charge in [0.1, 0.15) is 0 Å². The van der Waals surface area contributed by atoms with Crippen LogP contribution in [-0.4, -0.2) is 28.6 Å². The number of carbonyl (C=O) groups excluding carboxylic acids is 2. The van der Waals surface area contributed by atoms with Gasteiger partial charge in [0.05, 0.1) is 12.1 Å². The van der Waals surface area contributed by atoms with Crippen molar-refractivity contribution in [3.63, 3.8) is 0 Å². The molecule has 0 fully saturated rings. The number of H-pyrrole nitrogens is 1. The first kappa shape index (κ1) is 16.2. The zero-order valence-corrected chi connectivity index (χ0v) is 14.5. The maximum absolute atomic E-state index is 12.2. The highest BCUT2D eigenvalue weighted by Gasteiger charge is 2.14. The van der Waals surface area contributed by atoms with Crippen LogP contribution in [-0.2, 0) is 4.79 Å². The van der Waals surface area contributed by atoms with Crippen molar-refractivity contribution >= 4 is 44.3 Å². The van der Waals surface area contributed by atoms with Gasteiger partial charge in [0.15, 0.2) is 5.69 Å². The molecule has 0 aliphatic carbocycles. The maximum Gasteiger partial charge on any atom is 0.272 e. The molecule has 24 heavy (non-hydrogen) atoms. The van der Waals surface area contributed by atoms with E-state index in [1.165, 1.54) is 0 Å². The van der Waals surface area contributed by atoms with Gasteiger partial charge in [-0.2, -0.15) is 5.10 Å². The fourth-order valence-electron chi connectivity index (χ4n) is 2.34.